The van der Waals surface area contributed by atoms with Crippen LogP contribution in [0.25, 0.3) is 0 Å². The van der Waals surface area contributed by atoms with Crippen LogP contribution < -0.4 is 10.6 Å². The number of rotatable bonds is 5. The molecule has 2 fully saturated rings. The number of halogens is 4. The van der Waals surface area contributed by atoms with Gasteiger partial charge in [-0.25, -0.2) is 13.2 Å². The molecule has 0 radical (unpaired) electrons. The Labute approximate surface area is 214 Å². The lowest BCUT2D eigenvalue weighted by atomic mass is 9.87. The maximum absolute atomic E-state index is 13.5. The van der Waals surface area contributed by atoms with Crippen molar-refractivity contribution in [2.45, 2.75) is 35.8 Å². The normalized spacial score (nSPS) is 20.8. The summed E-state index contributed by atoms with van der Waals surface area (Å²) in [5, 5.41) is 6.04. The third-order valence-electron chi connectivity index (χ3n) is 6.18. The number of anilines is 1. The van der Waals surface area contributed by atoms with Crippen LogP contribution in [-0.2, 0) is 4.79 Å². The molecule has 0 atom stereocenters. The topological polar surface area (TPSA) is 61.4 Å². The zero-order valence-electron chi connectivity index (χ0n) is 18.4. The molecule has 2 aliphatic rings. The average molecular weight is 603 g/mol. The van der Waals surface area contributed by atoms with E-state index in [4.69, 9.17) is 0 Å². The minimum atomic E-state index is -1.57. The lowest BCUT2D eigenvalue weighted by Gasteiger charge is -2.34. The molecule has 1 aliphatic heterocycles. The molecule has 2 N–H and O–H groups in total. The zero-order chi connectivity index (χ0) is 24.2. The Kier molecular flexibility index (Phi) is 8.41. The summed E-state index contributed by atoms with van der Waals surface area (Å²) in [7, 11) is 0. The van der Waals surface area contributed by atoms with Crippen LogP contribution in [-0.4, -0.2) is 48.1 Å². The van der Waals surface area contributed by atoms with E-state index in [2.05, 4.69) is 33.2 Å². The quantitative estimate of drug-likeness (QED) is 0.372. The molecule has 182 valence electrons. The molecule has 0 aromatic heterocycles. The summed E-state index contributed by atoms with van der Waals surface area (Å²) < 4.78 is 41.1. The minimum Gasteiger partial charge on any atom is -0.340 e. The number of piperazine rings is 1. The highest BCUT2D eigenvalue weighted by Gasteiger charge is 2.30. The molecule has 2 aromatic rings. The highest BCUT2D eigenvalue weighted by atomic mass is 127. The van der Waals surface area contributed by atoms with Crippen LogP contribution in [0, 0.1) is 26.9 Å². The first-order chi connectivity index (χ1) is 16.3. The molecule has 34 heavy (non-hydrogen) atoms. The number of carbonyl (C=O) groups is 2. The first-order valence-electron chi connectivity index (χ1n) is 11.2. The van der Waals surface area contributed by atoms with Gasteiger partial charge >= 0.3 is 0 Å². The molecule has 0 bridgehead atoms. The molecular formula is C24H25F3IN3O2S. The monoisotopic (exact) mass is 603 g/mol. The van der Waals surface area contributed by atoms with Crippen molar-refractivity contribution in [1.29, 1.82) is 0 Å². The van der Waals surface area contributed by atoms with E-state index >= 15 is 0 Å². The third-order valence-corrected chi connectivity index (χ3v) is 8.88. The van der Waals surface area contributed by atoms with Crippen molar-refractivity contribution in [3.8, 4) is 0 Å². The summed E-state index contributed by atoms with van der Waals surface area (Å²) in [5.41, 5.74) is 0.192. The number of benzene rings is 2. The fourth-order valence-corrected chi connectivity index (χ4v) is 6.28. The number of nitrogens with one attached hydrogen (secondary N) is 2. The molecule has 1 saturated heterocycles. The van der Waals surface area contributed by atoms with Crippen LogP contribution in [0.5, 0.6) is 0 Å². The number of thioether (sulfide) groups is 1. The SMILES string of the molecule is O=C(Nc1cc(F)c(F)c(F)c1)c1ccc(I)c(SC2CCC(C(=O)N3CCNCC3)CC2)c1. The Bertz CT molecular complexity index is 1050. The molecule has 0 spiro atoms. The van der Waals surface area contributed by atoms with Crippen molar-refractivity contribution in [3.05, 3.63) is 56.9 Å². The standard InChI is InChI=1S/C24H25F3IN3O2S/c25-18-12-16(13-19(26)22(18)27)30-23(32)15-3-6-20(28)21(11-15)34-17-4-1-14(2-5-17)24(33)31-9-7-29-8-10-31/h3,6,11-14,17,29H,1-2,4-5,7-10H2,(H,30,32). The highest BCUT2D eigenvalue weighted by Crippen LogP contribution is 2.38. The van der Waals surface area contributed by atoms with Gasteiger partial charge in [0.25, 0.3) is 5.91 Å². The average Bonchev–Trinajstić information content (AvgIpc) is 2.84. The van der Waals surface area contributed by atoms with Gasteiger partial charge in [-0.15, -0.1) is 11.8 Å². The van der Waals surface area contributed by atoms with E-state index in [-0.39, 0.29) is 17.5 Å². The molecular weight excluding hydrogens is 578 g/mol. The summed E-state index contributed by atoms with van der Waals surface area (Å²) in [6, 6.07) is 6.72. The molecule has 4 rings (SSSR count). The number of hydrogen-bond acceptors (Lipinski definition) is 4. The zero-order valence-corrected chi connectivity index (χ0v) is 21.4. The van der Waals surface area contributed by atoms with Gasteiger partial charge < -0.3 is 15.5 Å². The summed E-state index contributed by atoms with van der Waals surface area (Å²) in [4.78, 5) is 28.3. The molecule has 10 heteroatoms. The molecule has 1 aliphatic carbocycles. The van der Waals surface area contributed by atoms with Crippen molar-refractivity contribution in [2.24, 2.45) is 5.92 Å². The molecule has 1 heterocycles. The first-order valence-corrected chi connectivity index (χ1v) is 13.2. The summed E-state index contributed by atoms with van der Waals surface area (Å²) in [6.45, 7) is 3.25. The fraction of sp³-hybridized carbons (Fsp3) is 0.417. The van der Waals surface area contributed by atoms with Gasteiger partial charge in [-0.1, -0.05) is 0 Å². The van der Waals surface area contributed by atoms with Gasteiger partial charge in [0.2, 0.25) is 5.91 Å². The van der Waals surface area contributed by atoms with Crippen molar-refractivity contribution in [3.63, 3.8) is 0 Å². The number of nitrogens with zero attached hydrogens (tertiary/aromatic N) is 1. The second-order valence-corrected chi connectivity index (χ2v) is 11.0. The van der Waals surface area contributed by atoms with Crippen LogP contribution in [0.4, 0.5) is 18.9 Å². The van der Waals surface area contributed by atoms with E-state index in [9.17, 15) is 22.8 Å². The summed E-state index contributed by atoms with van der Waals surface area (Å²) in [6.07, 6.45) is 3.57. The van der Waals surface area contributed by atoms with Crippen molar-refractivity contribution >= 4 is 51.9 Å². The van der Waals surface area contributed by atoms with E-state index in [0.29, 0.717) is 10.8 Å². The Morgan fingerprint density at radius 3 is 2.29 bits per heavy atom. The summed E-state index contributed by atoms with van der Waals surface area (Å²) in [5.74, 6) is -4.47. The van der Waals surface area contributed by atoms with Crippen molar-refractivity contribution in [2.75, 3.05) is 31.5 Å². The fourth-order valence-electron chi connectivity index (χ4n) is 4.32. The van der Waals surface area contributed by atoms with Crippen LogP contribution in [0.15, 0.2) is 35.2 Å². The van der Waals surface area contributed by atoms with Gasteiger partial charge in [-0.2, -0.15) is 0 Å². The molecule has 1 saturated carbocycles. The molecule has 2 amide bonds. The van der Waals surface area contributed by atoms with Crippen LogP contribution >= 0.6 is 34.4 Å². The van der Waals surface area contributed by atoms with E-state index in [1.54, 1.807) is 23.9 Å². The van der Waals surface area contributed by atoms with E-state index < -0.39 is 23.4 Å². The maximum atomic E-state index is 13.5. The highest BCUT2D eigenvalue weighted by molar-refractivity contribution is 14.1. The second kappa shape index (κ2) is 11.3. The van der Waals surface area contributed by atoms with E-state index in [1.165, 1.54) is 0 Å². The Hall–Kier alpha value is -1.79. The van der Waals surface area contributed by atoms with Gasteiger partial charge in [0, 0.05) is 69.2 Å². The van der Waals surface area contributed by atoms with Crippen molar-refractivity contribution in [1.82, 2.24) is 10.2 Å². The Morgan fingerprint density at radius 2 is 1.65 bits per heavy atom. The second-order valence-electron chi connectivity index (χ2n) is 8.52. The van der Waals surface area contributed by atoms with Gasteiger partial charge in [0.05, 0.1) is 0 Å². The largest absolute Gasteiger partial charge is 0.340 e. The lowest BCUT2D eigenvalue weighted by Crippen LogP contribution is -2.48. The first kappa shape index (κ1) is 25.3. The van der Waals surface area contributed by atoms with Crippen molar-refractivity contribution < 1.29 is 22.8 Å². The predicted octanol–water partition coefficient (Wildman–Crippen LogP) is 5.04. The molecule has 0 unspecified atom stereocenters. The Balaban J connectivity index is 1.36. The van der Waals surface area contributed by atoms with Gasteiger partial charge in [-0.3, -0.25) is 9.59 Å². The number of amides is 2. The predicted molar refractivity (Wildman–Crippen MR) is 134 cm³/mol. The van der Waals surface area contributed by atoms with Crippen LogP contribution in [0.3, 0.4) is 0 Å². The molecule has 5 nitrogen and oxygen atoms in total. The van der Waals surface area contributed by atoms with Gasteiger partial charge in [0.15, 0.2) is 17.5 Å². The number of carbonyl (C=O) groups excluding carboxylic acids is 2. The van der Waals surface area contributed by atoms with Gasteiger partial charge in [-0.05, 0) is 66.5 Å². The third kappa shape index (κ3) is 6.06. The Morgan fingerprint density at radius 1 is 1.00 bits per heavy atom. The number of hydrogen-bond donors (Lipinski definition) is 2. The molecule has 2 aromatic carbocycles. The van der Waals surface area contributed by atoms with Gasteiger partial charge in [0.1, 0.15) is 0 Å². The van der Waals surface area contributed by atoms with E-state index in [0.717, 1.165) is 72.5 Å². The van der Waals surface area contributed by atoms with Crippen LogP contribution in [0.1, 0.15) is 36.0 Å². The maximum Gasteiger partial charge on any atom is 0.255 e. The summed E-state index contributed by atoms with van der Waals surface area (Å²) >= 11 is 3.91. The van der Waals surface area contributed by atoms with Crippen LogP contribution in [0.2, 0.25) is 0 Å². The minimum absolute atomic E-state index is 0.0858. The lowest BCUT2D eigenvalue weighted by molar-refractivity contribution is -0.137. The van der Waals surface area contributed by atoms with E-state index in [1.807, 2.05) is 11.0 Å². The smallest absolute Gasteiger partial charge is 0.255 e.